The first-order valence-electron chi connectivity index (χ1n) is 9.75. The molecule has 1 fully saturated rings. The largest absolute Gasteiger partial charge is 0.465 e. The Balaban J connectivity index is 0.00000420. The van der Waals surface area contributed by atoms with Crippen molar-refractivity contribution < 1.29 is 14.3 Å². The summed E-state index contributed by atoms with van der Waals surface area (Å²) in [4.78, 5) is 30.1. The van der Waals surface area contributed by atoms with E-state index in [2.05, 4.69) is 15.6 Å². The SMILES string of the molecule is CN=C(NCCc1ccc(C(=O)OC)cc1)NCC1(C(=O)N(C)C)CCCC1.I. The van der Waals surface area contributed by atoms with Gasteiger partial charge in [0.15, 0.2) is 5.96 Å². The highest BCUT2D eigenvalue weighted by molar-refractivity contribution is 14.0. The Morgan fingerprint density at radius 1 is 1.14 bits per heavy atom. The van der Waals surface area contributed by atoms with E-state index in [4.69, 9.17) is 4.74 Å². The molecule has 1 aromatic carbocycles. The van der Waals surface area contributed by atoms with Crippen LogP contribution in [0.15, 0.2) is 29.3 Å². The van der Waals surface area contributed by atoms with Crippen molar-refractivity contribution >= 4 is 41.8 Å². The molecule has 0 radical (unpaired) electrons. The fourth-order valence-corrected chi connectivity index (χ4v) is 3.72. The summed E-state index contributed by atoms with van der Waals surface area (Å²) in [5, 5.41) is 6.63. The Bertz CT molecular complexity index is 698. The van der Waals surface area contributed by atoms with E-state index in [0.29, 0.717) is 24.6 Å². The van der Waals surface area contributed by atoms with Crippen molar-refractivity contribution in [3.05, 3.63) is 35.4 Å². The molecule has 0 aliphatic heterocycles. The number of methoxy groups -OCH3 is 1. The van der Waals surface area contributed by atoms with Crippen molar-refractivity contribution in [1.29, 1.82) is 0 Å². The molecular formula is C21H33IN4O3. The van der Waals surface area contributed by atoms with Gasteiger partial charge < -0.3 is 20.3 Å². The molecule has 0 heterocycles. The average Bonchev–Trinajstić information content (AvgIpc) is 3.19. The molecule has 1 amide bonds. The Morgan fingerprint density at radius 2 is 1.76 bits per heavy atom. The molecule has 7 nitrogen and oxygen atoms in total. The number of hydrogen-bond acceptors (Lipinski definition) is 4. The molecule has 1 aliphatic carbocycles. The number of amides is 1. The maximum atomic E-state index is 12.7. The predicted molar refractivity (Wildman–Crippen MR) is 126 cm³/mol. The summed E-state index contributed by atoms with van der Waals surface area (Å²) in [6, 6.07) is 7.39. The number of carbonyl (C=O) groups excluding carboxylic acids is 2. The van der Waals surface area contributed by atoms with Crippen LogP contribution in [0.4, 0.5) is 0 Å². The molecule has 1 aromatic rings. The number of guanidine groups is 1. The number of nitrogens with one attached hydrogen (secondary N) is 2. The second-order valence-corrected chi connectivity index (χ2v) is 7.48. The van der Waals surface area contributed by atoms with Crippen molar-refractivity contribution in [3.8, 4) is 0 Å². The van der Waals surface area contributed by atoms with E-state index in [1.54, 1.807) is 24.1 Å². The first-order valence-corrected chi connectivity index (χ1v) is 9.75. The summed E-state index contributed by atoms with van der Waals surface area (Å²) < 4.78 is 4.71. The fourth-order valence-electron chi connectivity index (χ4n) is 3.72. The number of rotatable bonds is 7. The minimum Gasteiger partial charge on any atom is -0.465 e. The quantitative estimate of drug-likeness (QED) is 0.252. The van der Waals surface area contributed by atoms with E-state index in [1.165, 1.54) is 7.11 Å². The minimum atomic E-state index is -0.331. The summed E-state index contributed by atoms with van der Waals surface area (Å²) >= 11 is 0. The Hall–Kier alpha value is -1.84. The molecule has 0 bridgehead atoms. The number of nitrogens with zero attached hydrogens (tertiary/aromatic N) is 2. The van der Waals surface area contributed by atoms with Gasteiger partial charge in [-0.3, -0.25) is 9.79 Å². The highest BCUT2D eigenvalue weighted by atomic mass is 127. The van der Waals surface area contributed by atoms with Crippen LogP contribution in [0, 0.1) is 5.41 Å². The van der Waals surface area contributed by atoms with Gasteiger partial charge in [0.2, 0.25) is 5.91 Å². The first kappa shape index (κ1) is 25.2. The van der Waals surface area contributed by atoms with Gasteiger partial charge in [-0.25, -0.2) is 4.79 Å². The van der Waals surface area contributed by atoms with Crippen LogP contribution in [-0.4, -0.2) is 64.1 Å². The molecule has 8 heteroatoms. The van der Waals surface area contributed by atoms with E-state index >= 15 is 0 Å². The van der Waals surface area contributed by atoms with E-state index in [0.717, 1.165) is 37.7 Å². The second kappa shape index (κ2) is 12.0. The number of esters is 1. The molecule has 2 N–H and O–H groups in total. The molecule has 29 heavy (non-hydrogen) atoms. The van der Waals surface area contributed by atoms with Gasteiger partial charge in [0.1, 0.15) is 0 Å². The number of ether oxygens (including phenoxy) is 1. The van der Waals surface area contributed by atoms with Gasteiger partial charge in [0, 0.05) is 34.2 Å². The zero-order valence-corrected chi connectivity index (χ0v) is 20.1. The Labute approximate surface area is 190 Å². The first-order chi connectivity index (χ1) is 13.4. The molecule has 0 atom stereocenters. The lowest BCUT2D eigenvalue weighted by Crippen LogP contribution is -2.49. The molecule has 1 saturated carbocycles. The van der Waals surface area contributed by atoms with Gasteiger partial charge in [-0.1, -0.05) is 25.0 Å². The van der Waals surface area contributed by atoms with Crippen LogP contribution in [0.5, 0.6) is 0 Å². The molecule has 162 valence electrons. The van der Waals surface area contributed by atoms with Crippen molar-refractivity contribution in [2.24, 2.45) is 10.4 Å². The van der Waals surface area contributed by atoms with Crippen LogP contribution in [0.3, 0.4) is 0 Å². The topological polar surface area (TPSA) is 83.0 Å². The average molecular weight is 516 g/mol. The van der Waals surface area contributed by atoms with Gasteiger partial charge in [-0.05, 0) is 37.0 Å². The standard InChI is InChI=1S/C21H32N4O3.HI/c1-22-20(24-15-21(12-5-6-13-21)19(27)25(2)3)23-14-11-16-7-9-17(10-8-16)18(26)28-4;/h7-10H,5-6,11-15H2,1-4H3,(H2,22,23,24);1H. The lowest BCUT2D eigenvalue weighted by atomic mass is 9.84. The number of aliphatic imine (C=N–C) groups is 1. The predicted octanol–water partition coefficient (Wildman–Crippen LogP) is 2.45. The highest BCUT2D eigenvalue weighted by Crippen LogP contribution is 2.38. The van der Waals surface area contributed by atoms with Crippen molar-refractivity contribution in [2.75, 3.05) is 41.3 Å². The van der Waals surface area contributed by atoms with Gasteiger partial charge in [0.25, 0.3) is 0 Å². The summed E-state index contributed by atoms with van der Waals surface area (Å²) in [5.74, 6) is 0.560. The maximum absolute atomic E-state index is 12.7. The van der Waals surface area contributed by atoms with Crippen LogP contribution >= 0.6 is 24.0 Å². The van der Waals surface area contributed by atoms with E-state index in [1.807, 2.05) is 26.2 Å². The van der Waals surface area contributed by atoms with Crippen molar-refractivity contribution in [3.63, 3.8) is 0 Å². The fraction of sp³-hybridized carbons (Fsp3) is 0.571. The Morgan fingerprint density at radius 3 is 2.28 bits per heavy atom. The maximum Gasteiger partial charge on any atom is 0.337 e. The van der Waals surface area contributed by atoms with Crippen LogP contribution < -0.4 is 10.6 Å². The zero-order valence-electron chi connectivity index (χ0n) is 17.8. The monoisotopic (exact) mass is 516 g/mol. The normalized spacial score (nSPS) is 15.2. The third kappa shape index (κ3) is 6.87. The summed E-state index contributed by atoms with van der Waals surface area (Å²) in [6.07, 6.45) is 4.81. The lowest BCUT2D eigenvalue weighted by molar-refractivity contribution is -0.138. The van der Waals surface area contributed by atoms with Crippen LogP contribution in [0.2, 0.25) is 0 Å². The van der Waals surface area contributed by atoms with E-state index < -0.39 is 0 Å². The Kier molecular flexibility index (Phi) is 10.4. The van der Waals surface area contributed by atoms with Crippen molar-refractivity contribution in [1.82, 2.24) is 15.5 Å². The van der Waals surface area contributed by atoms with Gasteiger partial charge in [-0.2, -0.15) is 0 Å². The van der Waals surface area contributed by atoms with Crippen LogP contribution in [0.25, 0.3) is 0 Å². The van der Waals surface area contributed by atoms with E-state index in [9.17, 15) is 9.59 Å². The minimum absolute atomic E-state index is 0. The number of carbonyl (C=O) groups is 2. The molecule has 0 saturated heterocycles. The number of halogens is 1. The summed E-state index contributed by atoms with van der Waals surface area (Å²) in [6.45, 7) is 1.30. The smallest absolute Gasteiger partial charge is 0.337 e. The molecule has 1 aliphatic rings. The van der Waals surface area contributed by atoms with Crippen LogP contribution in [0.1, 0.15) is 41.6 Å². The third-order valence-corrected chi connectivity index (χ3v) is 5.32. The van der Waals surface area contributed by atoms with Gasteiger partial charge >= 0.3 is 5.97 Å². The van der Waals surface area contributed by atoms with Gasteiger partial charge in [0.05, 0.1) is 18.1 Å². The van der Waals surface area contributed by atoms with Crippen molar-refractivity contribution in [2.45, 2.75) is 32.1 Å². The third-order valence-electron chi connectivity index (χ3n) is 5.32. The van der Waals surface area contributed by atoms with E-state index in [-0.39, 0.29) is 41.3 Å². The number of hydrogen-bond donors (Lipinski definition) is 2. The number of benzene rings is 1. The molecule has 0 unspecified atom stereocenters. The zero-order chi connectivity index (χ0) is 20.6. The lowest BCUT2D eigenvalue weighted by Gasteiger charge is -2.31. The van der Waals surface area contributed by atoms with Crippen LogP contribution in [-0.2, 0) is 16.0 Å². The molecule has 0 spiro atoms. The summed E-state index contributed by atoms with van der Waals surface area (Å²) in [5.41, 5.74) is 1.33. The van der Waals surface area contributed by atoms with Gasteiger partial charge in [-0.15, -0.1) is 24.0 Å². The molecular weight excluding hydrogens is 483 g/mol. The molecule has 0 aromatic heterocycles. The molecule has 2 rings (SSSR count). The highest BCUT2D eigenvalue weighted by Gasteiger charge is 2.42. The second-order valence-electron chi connectivity index (χ2n) is 7.48. The summed E-state index contributed by atoms with van der Waals surface area (Å²) in [7, 11) is 6.75.